The fourth-order valence-corrected chi connectivity index (χ4v) is 4.09. The van der Waals surface area contributed by atoms with E-state index in [0.29, 0.717) is 31.6 Å². The molecule has 0 radical (unpaired) electrons. The van der Waals surface area contributed by atoms with Crippen LogP contribution in [0, 0.1) is 0 Å². The van der Waals surface area contributed by atoms with E-state index in [-0.39, 0.29) is 16.8 Å². The van der Waals surface area contributed by atoms with Gasteiger partial charge in [0.25, 0.3) is 5.91 Å². The van der Waals surface area contributed by atoms with Crippen LogP contribution in [0.2, 0.25) is 0 Å². The van der Waals surface area contributed by atoms with Crippen LogP contribution in [0.15, 0.2) is 59.5 Å². The average molecular weight is 388 g/mol. The molecule has 1 fully saturated rings. The second-order valence-corrected chi connectivity index (χ2v) is 8.49. The first kappa shape index (κ1) is 19.5. The first-order chi connectivity index (χ1) is 13.0. The Balaban J connectivity index is 1.74. The van der Waals surface area contributed by atoms with Gasteiger partial charge in [0, 0.05) is 24.7 Å². The maximum Gasteiger partial charge on any atom is 0.254 e. The van der Waals surface area contributed by atoms with Crippen LogP contribution in [0.1, 0.15) is 35.2 Å². The molecule has 0 aliphatic heterocycles. The second-order valence-electron chi connectivity index (χ2n) is 6.77. The molecule has 0 saturated heterocycles. The minimum Gasteiger partial charge on any atom is -0.334 e. The van der Waals surface area contributed by atoms with Crippen LogP contribution in [-0.4, -0.2) is 38.4 Å². The number of nitrogens with zero attached hydrogens (tertiary/aromatic N) is 1. The van der Waals surface area contributed by atoms with Crippen molar-refractivity contribution in [3.8, 4) is 0 Å². The summed E-state index contributed by atoms with van der Waals surface area (Å²) in [6, 6.07) is 15.9. The first-order valence-electron chi connectivity index (χ1n) is 9.15. The van der Waals surface area contributed by atoms with Crippen molar-refractivity contribution >= 4 is 15.9 Å². The fraction of sp³-hybridized carbons (Fsp3) is 0.350. The molecule has 0 bridgehead atoms. The molecule has 2 aromatic rings. The van der Waals surface area contributed by atoms with Gasteiger partial charge in [-0.05, 0) is 55.6 Å². The Morgan fingerprint density at radius 2 is 1.74 bits per heavy atom. The number of nitrogens with one attached hydrogen (secondary N) is 1. The first-order valence-corrected chi connectivity index (χ1v) is 10.6. The van der Waals surface area contributed by atoms with Gasteiger partial charge in [-0.2, -0.15) is 0 Å². The summed E-state index contributed by atoms with van der Waals surface area (Å²) >= 11 is 0. The number of amides is 1. The largest absolute Gasteiger partial charge is 0.334 e. The molecular formula is C20H25N3O3S. The molecule has 1 aliphatic rings. The van der Waals surface area contributed by atoms with Gasteiger partial charge >= 0.3 is 0 Å². The third kappa shape index (κ3) is 5.38. The highest BCUT2D eigenvalue weighted by molar-refractivity contribution is 7.89. The standard InChI is InChI=1S/C20H25N3O3S/c21-13-4-14-23(15-16-5-2-1-3-6-16)20(24)17-7-11-19(12-8-17)27(25,26)22-18-9-10-18/h1-3,5-8,11-12,18,22H,4,9-10,13-15,21H2. The van der Waals surface area contributed by atoms with Gasteiger partial charge in [0.05, 0.1) is 4.90 Å². The second kappa shape index (κ2) is 8.65. The number of hydrogen-bond donors (Lipinski definition) is 2. The van der Waals surface area contributed by atoms with Crippen LogP contribution in [0.3, 0.4) is 0 Å². The average Bonchev–Trinajstić information content (AvgIpc) is 3.49. The maximum absolute atomic E-state index is 12.9. The molecule has 144 valence electrons. The van der Waals surface area contributed by atoms with Gasteiger partial charge in [-0.15, -0.1) is 0 Å². The van der Waals surface area contributed by atoms with E-state index < -0.39 is 10.0 Å². The van der Waals surface area contributed by atoms with E-state index in [1.165, 1.54) is 12.1 Å². The number of sulfonamides is 1. The van der Waals surface area contributed by atoms with E-state index in [0.717, 1.165) is 18.4 Å². The molecule has 3 N–H and O–H groups in total. The van der Waals surface area contributed by atoms with Crippen LogP contribution < -0.4 is 10.5 Å². The van der Waals surface area contributed by atoms with Gasteiger partial charge in [0.2, 0.25) is 10.0 Å². The number of benzene rings is 2. The molecule has 1 saturated carbocycles. The maximum atomic E-state index is 12.9. The molecule has 1 amide bonds. The third-order valence-corrected chi connectivity index (χ3v) is 5.98. The predicted molar refractivity (Wildman–Crippen MR) is 105 cm³/mol. The van der Waals surface area contributed by atoms with Crippen LogP contribution >= 0.6 is 0 Å². The van der Waals surface area contributed by atoms with Crippen molar-refractivity contribution in [2.24, 2.45) is 5.73 Å². The zero-order valence-corrected chi connectivity index (χ0v) is 16.0. The molecule has 0 heterocycles. The molecule has 7 heteroatoms. The lowest BCUT2D eigenvalue weighted by atomic mass is 10.1. The molecule has 0 spiro atoms. The topological polar surface area (TPSA) is 92.5 Å². The van der Waals surface area contributed by atoms with E-state index in [4.69, 9.17) is 5.73 Å². The smallest absolute Gasteiger partial charge is 0.254 e. The van der Waals surface area contributed by atoms with Crippen molar-refractivity contribution < 1.29 is 13.2 Å². The summed E-state index contributed by atoms with van der Waals surface area (Å²) in [4.78, 5) is 14.9. The highest BCUT2D eigenvalue weighted by Gasteiger charge is 2.28. The predicted octanol–water partition coefficient (Wildman–Crippen LogP) is 2.12. The molecule has 0 aromatic heterocycles. The molecule has 3 rings (SSSR count). The zero-order valence-electron chi connectivity index (χ0n) is 15.2. The molecule has 6 nitrogen and oxygen atoms in total. The molecule has 0 atom stereocenters. The van der Waals surface area contributed by atoms with Crippen molar-refractivity contribution in [1.82, 2.24) is 9.62 Å². The van der Waals surface area contributed by atoms with Crippen molar-refractivity contribution in [3.05, 3.63) is 65.7 Å². The summed E-state index contributed by atoms with van der Waals surface area (Å²) in [5, 5.41) is 0. The Hall–Kier alpha value is -2.22. The summed E-state index contributed by atoms with van der Waals surface area (Å²) in [6.07, 6.45) is 2.47. The van der Waals surface area contributed by atoms with Crippen LogP contribution in [0.5, 0.6) is 0 Å². The minimum absolute atomic E-state index is 0.0499. The molecule has 1 aliphatic carbocycles. The Labute approximate surface area is 160 Å². The van der Waals surface area contributed by atoms with Gasteiger partial charge in [-0.1, -0.05) is 30.3 Å². The van der Waals surface area contributed by atoms with Gasteiger partial charge in [-0.25, -0.2) is 13.1 Å². The van der Waals surface area contributed by atoms with Crippen molar-refractivity contribution in [2.75, 3.05) is 13.1 Å². The highest BCUT2D eigenvalue weighted by Crippen LogP contribution is 2.22. The van der Waals surface area contributed by atoms with Crippen LogP contribution in [0.4, 0.5) is 0 Å². The number of hydrogen-bond acceptors (Lipinski definition) is 4. The summed E-state index contributed by atoms with van der Waals surface area (Å²) in [5.74, 6) is -0.133. The lowest BCUT2D eigenvalue weighted by Gasteiger charge is -2.23. The Kier molecular flexibility index (Phi) is 6.26. The van der Waals surface area contributed by atoms with Crippen LogP contribution in [-0.2, 0) is 16.6 Å². The highest BCUT2D eigenvalue weighted by atomic mass is 32.2. The number of nitrogens with two attached hydrogens (primary N) is 1. The normalized spacial score (nSPS) is 14.1. The molecule has 27 heavy (non-hydrogen) atoms. The van der Waals surface area contributed by atoms with Crippen molar-refractivity contribution in [3.63, 3.8) is 0 Å². The van der Waals surface area contributed by atoms with Crippen LogP contribution in [0.25, 0.3) is 0 Å². The molecule has 2 aromatic carbocycles. The van der Waals surface area contributed by atoms with Crippen molar-refractivity contribution in [2.45, 2.75) is 36.7 Å². The van der Waals surface area contributed by atoms with Gasteiger partial charge in [0.15, 0.2) is 0 Å². The van der Waals surface area contributed by atoms with Gasteiger partial charge in [-0.3, -0.25) is 4.79 Å². The summed E-state index contributed by atoms with van der Waals surface area (Å²) in [6.45, 7) is 1.54. The monoisotopic (exact) mass is 387 g/mol. The van der Waals surface area contributed by atoms with Gasteiger partial charge in [0.1, 0.15) is 0 Å². The third-order valence-electron chi connectivity index (χ3n) is 4.45. The number of carbonyl (C=O) groups is 1. The summed E-state index contributed by atoms with van der Waals surface area (Å²) < 4.78 is 27.2. The number of rotatable bonds is 9. The van der Waals surface area contributed by atoms with E-state index in [2.05, 4.69) is 4.72 Å². The van der Waals surface area contributed by atoms with E-state index in [1.54, 1.807) is 17.0 Å². The van der Waals surface area contributed by atoms with Crippen molar-refractivity contribution in [1.29, 1.82) is 0 Å². The molecule has 0 unspecified atom stereocenters. The SMILES string of the molecule is NCCCN(Cc1ccccc1)C(=O)c1ccc(S(=O)(=O)NC2CC2)cc1. The Morgan fingerprint density at radius 1 is 1.07 bits per heavy atom. The Morgan fingerprint density at radius 3 is 2.33 bits per heavy atom. The van der Waals surface area contributed by atoms with Gasteiger partial charge < -0.3 is 10.6 Å². The van der Waals surface area contributed by atoms with E-state index in [1.807, 2.05) is 30.3 Å². The quantitative estimate of drug-likeness (QED) is 0.689. The van der Waals surface area contributed by atoms with E-state index >= 15 is 0 Å². The fourth-order valence-electron chi connectivity index (χ4n) is 2.79. The number of carbonyl (C=O) groups excluding carboxylic acids is 1. The molecular weight excluding hydrogens is 362 g/mol. The lowest BCUT2D eigenvalue weighted by molar-refractivity contribution is 0.0742. The minimum atomic E-state index is -3.51. The summed E-state index contributed by atoms with van der Waals surface area (Å²) in [7, 11) is -3.51. The summed E-state index contributed by atoms with van der Waals surface area (Å²) in [5.41, 5.74) is 7.11. The zero-order chi connectivity index (χ0) is 19.3. The Bertz CT molecular complexity index is 863. The van der Waals surface area contributed by atoms with E-state index in [9.17, 15) is 13.2 Å². The lowest BCUT2D eigenvalue weighted by Crippen LogP contribution is -2.32.